The molecule has 0 atom stereocenters. The van der Waals surface area contributed by atoms with E-state index in [1.807, 2.05) is 27.7 Å². The van der Waals surface area contributed by atoms with Crippen molar-refractivity contribution in [3.63, 3.8) is 0 Å². The zero-order valence-electron chi connectivity index (χ0n) is 12.4. The van der Waals surface area contributed by atoms with Crippen molar-refractivity contribution in [2.24, 2.45) is 5.41 Å². The average Bonchev–Trinajstić information content (AvgIpc) is 2.29. The van der Waals surface area contributed by atoms with Crippen LogP contribution in [0.3, 0.4) is 0 Å². The molecule has 108 valence electrons. The smallest absolute Gasteiger partial charge is 0.162 e. The summed E-state index contributed by atoms with van der Waals surface area (Å²) in [7, 11) is 0. The van der Waals surface area contributed by atoms with E-state index in [9.17, 15) is 0 Å². The number of rotatable bonds is 6. The highest BCUT2D eigenvalue weighted by molar-refractivity contribution is 4.83. The molecule has 1 saturated heterocycles. The summed E-state index contributed by atoms with van der Waals surface area (Å²) in [4.78, 5) is 0. The van der Waals surface area contributed by atoms with E-state index in [0.29, 0.717) is 26.2 Å². The van der Waals surface area contributed by atoms with Crippen molar-refractivity contribution in [2.45, 2.75) is 58.8 Å². The highest BCUT2D eigenvalue weighted by atomic mass is 16.7. The molecule has 1 heterocycles. The zero-order chi connectivity index (χ0) is 13.9. The van der Waals surface area contributed by atoms with Crippen LogP contribution in [0, 0.1) is 5.41 Å². The van der Waals surface area contributed by atoms with Gasteiger partial charge in [0.2, 0.25) is 0 Å². The van der Waals surface area contributed by atoms with Gasteiger partial charge in [0.25, 0.3) is 0 Å². The summed E-state index contributed by atoms with van der Waals surface area (Å²) in [5.74, 6) is -0.487. The molecule has 18 heavy (non-hydrogen) atoms. The fourth-order valence-electron chi connectivity index (χ4n) is 1.82. The highest BCUT2D eigenvalue weighted by Crippen LogP contribution is 2.34. The molecular formula is C14H28O4. The van der Waals surface area contributed by atoms with Crippen LogP contribution in [-0.2, 0) is 14.2 Å². The first kappa shape index (κ1) is 15.9. The van der Waals surface area contributed by atoms with Gasteiger partial charge in [-0.25, -0.2) is 0 Å². The Morgan fingerprint density at radius 1 is 1.22 bits per heavy atom. The summed E-state index contributed by atoms with van der Waals surface area (Å²) >= 11 is 0. The quantitative estimate of drug-likeness (QED) is 0.796. The van der Waals surface area contributed by atoms with Crippen LogP contribution >= 0.6 is 0 Å². The zero-order valence-corrected chi connectivity index (χ0v) is 12.4. The van der Waals surface area contributed by atoms with Crippen molar-refractivity contribution in [3.05, 3.63) is 0 Å². The minimum atomic E-state index is -0.487. The van der Waals surface area contributed by atoms with E-state index in [0.717, 1.165) is 6.42 Å². The van der Waals surface area contributed by atoms with Gasteiger partial charge in [-0.2, -0.15) is 0 Å². The van der Waals surface area contributed by atoms with Crippen molar-refractivity contribution in [3.8, 4) is 0 Å². The van der Waals surface area contributed by atoms with E-state index >= 15 is 0 Å². The summed E-state index contributed by atoms with van der Waals surface area (Å²) in [6.07, 6.45) is 1.60. The molecule has 1 rings (SSSR count). The third-order valence-corrected chi connectivity index (χ3v) is 3.68. The van der Waals surface area contributed by atoms with Crippen molar-refractivity contribution in [1.29, 1.82) is 0 Å². The molecule has 0 bridgehead atoms. The van der Waals surface area contributed by atoms with Crippen LogP contribution in [0.25, 0.3) is 0 Å². The molecule has 0 amide bonds. The Balaban J connectivity index is 2.52. The summed E-state index contributed by atoms with van der Waals surface area (Å²) in [6.45, 7) is 12.1. The van der Waals surface area contributed by atoms with E-state index in [1.54, 1.807) is 0 Å². The predicted octanol–water partition coefficient (Wildman–Crippen LogP) is 2.34. The molecule has 0 aliphatic carbocycles. The molecule has 0 spiro atoms. The first-order chi connectivity index (χ1) is 8.24. The van der Waals surface area contributed by atoms with E-state index in [1.165, 1.54) is 0 Å². The standard InChI is InChI=1S/C14H28O4/c1-6-14(9-16-12(2,3)7-8-15)10-17-13(4,5)18-11-14/h15H,6-11H2,1-5H3. The number of aliphatic hydroxyl groups is 1. The maximum absolute atomic E-state index is 9.00. The van der Waals surface area contributed by atoms with Gasteiger partial charge >= 0.3 is 0 Å². The van der Waals surface area contributed by atoms with Gasteiger partial charge in [-0.15, -0.1) is 0 Å². The Labute approximate surface area is 111 Å². The maximum Gasteiger partial charge on any atom is 0.162 e. The molecule has 0 unspecified atom stereocenters. The normalized spacial score (nSPS) is 23.0. The van der Waals surface area contributed by atoms with Crippen LogP contribution < -0.4 is 0 Å². The molecule has 0 aromatic rings. The van der Waals surface area contributed by atoms with Gasteiger partial charge in [0.15, 0.2) is 5.79 Å². The Morgan fingerprint density at radius 2 is 1.78 bits per heavy atom. The second-order valence-corrected chi connectivity index (χ2v) is 6.35. The second-order valence-electron chi connectivity index (χ2n) is 6.35. The van der Waals surface area contributed by atoms with Crippen molar-refractivity contribution >= 4 is 0 Å². The molecule has 4 heteroatoms. The second kappa shape index (κ2) is 5.87. The minimum absolute atomic E-state index is 0.0672. The van der Waals surface area contributed by atoms with Crippen LogP contribution in [-0.4, -0.2) is 42.9 Å². The van der Waals surface area contributed by atoms with Gasteiger partial charge in [0, 0.05) is 12.0 Å². The summed E-state index contributed by atoms with van der Waals surface area (Å²) in [5.41, 5.74) is -0.369. The molecule has 0 aromatic carbocycles. The van der Waals surface area contributed by atoms with Gasteiger partial charge in [-0.05, 0) is 40.5 Å². The predicted molar refractivity (Wildman–Crippen MR) is 70.4 cm³/mol. The number of ether oxygens (including phenoxy) is 3. The highest BCUT2D eigenvalue weighted by Gasteiger charge is 2.40. The molecule has 1 aliphatic rings. The minimum Gasteiger partial charge on any atom is -0.396 e. The number of hydrogen-bond donors (Lipinski definition) is 1. The van der Waals surface area contributed by atoms with Gasteiger partial charge in [-0.3, -0.25) is 0 Å². The third kappa shape index (κ3) is 4.50. The maximum atomic E-state index is 9.00. The van der Waals surface area contributed by atoms with Crippen LogP contribution in [0.4, 0.5) is 0 Å². The van der Waals surface area contributed by atoms with Gasteiger partial charge < -0.3 is 19.3 Å². The Morgan fingerprint density at radius 3 is 2.22 bits per heavy atom. The van der Waals surface area contributed by atoms with Crippen molar-refractivity contribution in [1.82, 2.24) is 0 Å². The lowest BCUT2D eigenvalue weighted by Crippen LogP contribution is -2.49. The van der Waals surface area contributed by atoms with Crippen molar-refractivity contribution in [2.75, 3.05) is 26.4 Å². The first-order valence-corrected chi connectivity index (χ1v) is 6.77. The van der Waals surface area contributed by atoms with E-state index < -0.39 is 5.79 Å². The number of hydrogen-bond acceptors (Lipinski definition) is 4. The molecule has 4 nitrogen and oxygen atoms in total. The van der Waals surface area contributed by atoms with Crippen LogP contribution in [0.2, 0.25) is 0 Å². The molecule has 1 aliphatic heterocycles. The number of aliphatic hydroxyl groups excluding tert-OH is 1. The topological polar surface area (TPSA) is 47.9 Å². The van der Waals surface area contributed by atoms with Crippen LogP contribution in [0.5, 0.6) is 0 Å². The lowest BCUT2D eigenvalue weighted by Gasteiger charge is -2.44. The molecular weight excluding hydrogens is 232 g/mol. The molecule has 0 saturated carbocycles. The first-order valence-electron chi connectivity index (χ1n) is 6.77. The fourth-order valence-corrected chi connectivity index (χ4v) is 1.82. The average molecular weight is 260 g/mol. The van der Waals surface area contributed by atoms with E-state index in [4.69, 9.17) is 19.3 Å². The Kier molecular flexibility index (Phi) is 5.18. The summed E-state index contributed by atoms with van der Waals surface area (Å²) in [6, 6.07) is 0. The molecule has 0 aromatic heterocycles. The molecule has 1 N–H and O–H groups in total. The lowest BCUT2D eigenvalue weighted by molar-refractivity contribution is -0.296. The van der Waals surface area contributed by atoms with E-state index in [2.05, 4.69) is 6.92 Å². The van der Waals surface area contributed by atoms with Crippen molar-refractivity contribution < 1.29 is 19.3 Å². The largest absolute Gasteiger partial charge is 0.396 e. The Hall–Kier alpha value is -0.160. The SMILES string of the molecule is CCC1(COC(C)(C)CCO)COC(C)(C)OC1. The fraction of sp³-hybridized carbons (Fsp3) is 1.00. The summed E-state index contributed by atoms with van der Waals surface area (Å²) < 4.78 is 17.4. The molecule has 0 radical (unpaired) electrons. The monoisotopic (exact) mass is 260 g/mol. The third-order valence-electron chi connectivity index (χ3n) is 3.68. The summed E-state index contributed by atoms with van der Waals surface area (Å²) in [5, 5.41) is 9.00. The van der Waals surface area contributed by atoms with Gasteiger partial charge in [0.05, 0.1) is 25.4 Å². The van der Waals surface area contributed by atoms with E-state index in [-0.39, 0.29) is 17.6 Å². The van der Waals surface area contributed by atoms with Crippen LogP contribution in [0.15, 0.2) is 0 Å². The van der Waals surface area contributed by atoms with Gasteiger partial charge in [0.1, 0.15) is 0 Å². The lowest BCUT2D eigenvalue weighted by atomic mass is 9.86. The molecule has 1 fully saturated rings. The van der Waals surface area contributed by atoms with Crippen LogP contribution in [0.1, 0.15) is 47.5 Å². The Bertz CT molecular complexity index is 251. The van der Waals surface area contributed by atoms with Gasteiger partial charge in [-0.1, -0.05) is 6.92 Å².